The van der Waals surface area contributed by atoms with Gasteiger partial charge in [-0.1, -0.05) is 50.6 Å². The lowest BCUT2D eigenvalue weighted by Crippen LogP contribution is -2.53. The molecule has 1 heterocycles. The van der Waals surface area contributed by atoms with Crippen molar-refractivity contribution in [2.45, 2.75) is 45.1 Å². The lowest BCUT2D eigenvalue weighted by Gasteiger charge is -2.36. The van der Waals surface area contributed by atoms with Crippen LogP contribution in [-0.2, 0) is 4.79 Å². The largest absolute Gasteiger partial charge is 0.508 e. The Morgan fingerprint density at radius 3 is 2.28 bits per heavy atom. The monoisotopic (exact) mass is 394 g/mol. The van der Waals surface area contributed by atoms with E-state index in [1.807, 2.05) is 49.1 Å². The van der Waals surface area contributed by atoms with Gasteiger partial charge in [0.05, 0.1) is 0 Å². The van der Waals surface area contributed by atoms with E-state index in [1.165, 1.54) is 5.56 Å². The molecule has 0 saturated carbocycles. The van der Waals surface area contributed by atoms with E-state index < -0.39 is 6.04 Å². The van der Waals surface area contributed by atoms with Gasteiger partial charge in [0.15, 0.2) is 0 Å². The molecule has 1 aliphatic rings. The molecule has 3 rings (SSSR count). The topological polar surface area (TPSA) is 69.6 Å². The number of hydrogen-bond acceptors (Lipinski definition) is 3. The molecule has 154 valence electrons. The molecule has 1 aliphatic heterocycles. The molecule has 2 atom stereocenters. The Balaban J connectivity index is 1.64. The average molecular weight is 395 g/mol. The Morgan fingerprint density at radius 2 is 1.69 bits per heavy atom. The molecule has 1 saturated heterocycles. The molecule has 5 nitrogen and oxygen atoms in total. The number of rotatable bonds is 6. The van der Waals surface area contributed by atoms with E-state index in [-0.39, 0.29) is 23.5 Å². The van der Waals surface area contributed by atoms with Crippen LogP contribution in [0.25, 0.3) is 0 Å². The summed E-state index contributed by atoms with van der Waals surface area (Å²) in [6.45, 7) is 5.41. The van der Waals surface area contributed by atoms with E-state index in [9.17, 15) is 14.7 Å². The van der Waals surface area contributed by atoms with Crippen LogP contribution >= 0.6 is 0 Å². The van der Waals surface area contributed by atoms with E-state index >= 15 is 0 Å². The predicted octanol–water partition coefficient (Wildman–Crippen LogP) is 3.94. The second-order valence-electron chi connectivity index (χ2n) is 7.89. The van der Waals surface area contributed by atoms with Crippen LogP contribution in [0.5, 0.6) is 5.75 Å². The first-order chi connectivity index (χ1) is 14.0. The molecule has 2 aromatic rings. The van der Waals surface area contributed by atoms with E-state index in [0.717, 1.165) is 19.3 Å². The van der Waals surface area contributed by atoms with Gasteiger partial charge in [-0.05, 0) is 54.5 Å². The van der Waals surface area contributed by atoms with Gasteiger partial charge in [0.2, 0.25) is 5.91 Å². The minimum atomic E-state index is -0.516. The Labute approximate surface area is 172 Å². The molecule has 2 aromatic carbocycles. The summed E-state index contributed by atoms with van der Waals surface area (Å²) in [7, 11) is 0. The van der Waals surface area contributed by atoms with E-state index in [4.69, 9.17) is 0 Å². The van der Waals surface area contributed by atoms with Gasteiger partial charge >= 0.3 is 0 Å². The third kappa shape index (κ3) is 5.17. The molecule has 0 bridgehead atoms. The molecule has 2 N–H and O–H groups in total. The highest BCUT2D eigenvalue weighted by Crippen LogP contribution is 2.29. The molecular formula is C24H30N2O3. The first-order valence-corrected chi connectivity index (χ1v) is 10.4. The number of carbonyl (C=O) groups is 2. The number of hydrogen-bond donors (Lipinski definition) is 2. The summed E-state index contributed by atoms with van der Waals surface area (Å²) in [4.78, 5) is 27.7. The molecule has 2 unspecified atom stereocenters. The van der Waals surface area contributed by atoms with Crippen molar-refractivity contribution >= 4 is 11.8 Å². The van der Waals surface area contributed by atoms with Crippen LogP contribution in [0, 0.1) is 5.92 Å². The quantitative estimate of drug-likeness (QED) is 0.780. The van der Waals surface area contributed by atoms with Crippen LogP contribution < -0.4 is 5.32 Å². The van der Waals surface area contributed by atoms with Gasteiger partial charge in [-0.3, -0.25) is 9.59 Å². The number of benzene rings is 2. The highest BCUT2D eigenvalue weighted by atomic mass is 16.3. The van der Waals surface area contributed by atoms with Crippen molar-refractivity contribution in [2.24, 2.45) is 5.92 Å². The normalized spacial score (nSPS) is 16.8. The van der Waals surface area contributed by atoms with Crippen LogP contribution in [-0.4, -0.2) is 41.0 Å². The highest BCUT2D eigenvalue weighted by Gasteiger charge is 2.32. The summed E-state index contributed by atoms with van der Waals surface area (Å²) in [6, 6.07) is 15.9. The van der Waals surface area contributed by atoms with E-state index in [1.54, 1.807) is 24.3 Å². The molecule has 0 aromatic heterocycles. The summed E-state index contributed by atoms with van der Waals surface area (Å²) in [5, 5.41) is 12.4. The average Bonchev–Trinajstić information content (AvgIpc) is 2.77. The summed E-state index contributed by atoms with van der Waals surface area (Å²) >= 11 is 0. The fourth-order valence-corrected chi connectivity index (χ4v) is 3.87. The van der Waals surface area contributed by atoms with Gasteiger partial charge in [-0.2, -0.15) is 0 Å². The van der Waals surface area contributed by atoms with Crippen LogP contribution in [0.2, 0.25) is 0 Å². The molecule has 0 spiro atoms. The zero-order valence-electron chi connectivity index (χ0n) is 17.2. The zero-order chi connectivity index (χ0) is 20.8. The maximum absolute atomic E-state index is 13.2. The second-order valence-corrected chi connectivity index (χ2v) is 7.89. The molecule has 0 aliphatic carbocycles. The molecule has 0 radical (unpaired) electrons. The van der Waals surface area contributed by atoms with Crippen LogP contribution in [0.4, 0.5) is 0 Å². The number of piperidine rings is 1. The number of phenolic OH excluding ortho intramolecular Hbond substituents is 1. The first-order valence-electron chi connectivity index (χ1n) is 10.4. The van der Waals surface area contributed by atoms with Gasteiger partial charge in [-0.25, -0.2) is 0 Å². The van der Waals surface area contributed by atoms with Gasteiger partial charge < -0.3 is 15.3 Å². The smallest absolute Gasteiger partial charge is 0.251 e. The Hall–Kier alpha value is -2.82. The maximum Gasteiger partial charge on any atom is 0.251 e. The predicted molar refractivity (Wildman–Crippen MR) is 114 cm³/mol. The third-order valence-electron chi connectivity index (χ3n) is 5.97. The van der Waals surface area contributed by atoms with Crippen LogP contribution in [0.1, 0.15) is 54.9 Å². The Kier molecular flexibility index (Phi) is 6.91. The fraction of sp³-hybridized carbons (Fsp3) is 0.417. The molecule has 29 heavy (non-hydrogen) atoms. The van der Waals surface area contributed by atoms with Crippen LogP contribution in [0.15, 0.2) is 54.6 Å². The summed E-state index contributed by atoms with van der Waals surface area (Å²) in [6.07, 6.45) is 2.59. The van der Waals surface area contributed by atoms with Gasteiger partial charge in [0, 0.05) is 18.7 Å². The van der Waals surface area contributed by atoms with Gasteiger partial charge in [0.25, 0.3) is 5.91 Å². The Morgan fingerprint density at radius 1 is 1.07 bits per heavy atom. The summed E-state index contributed by atoms with van der Waals surface area (Å²) in [5.74, 6) is 0.522. The van der Waals surface area contributed by atoms with Crippen molar-refractivity contribution in [2.75, 3.05) is 13.1 Å². The fourth-order valence-electron chi connectivity index (χ4n) is 3.87. The van der Waals surface area contributed by atoms with Crippen LogP contribution in [0.3, 0.4) is 0 Å². The zero-order valence-corrected chi connectivity index (χ0v) is 17.2. The Bertz CT molecular complexity index is 812. The lowest BCUT2D eigenvalue weighted by molar-refractivity contribution is -0.135. The maximum atomic E-state index is 13.2. The van der Waals surface area contributed by atoms with E-state index in [0.29, 0.717) is 24.6 Å². The molecule has 5 heteroatoms. The number of carbonyl (C=O) groups excluding carboxylic acids is 2. The first kappa shape index (κ1) is 20.9. The molecule has 1 fully saturated rings. The van der Waals surface area contributed by atoms with Crippen molar-refractivity contribution in [3.05, 3.63) is 65.7 Å². The number of aromatic hydroxyl groups is 1. The number of nitrogens with one attached hydrogen (secondary N) is 1. The van der Waals surface area contributed by atoms with Crippen molar-refractivity contribution in [3.63, 3.8) is 0 Å². The van der Waals surface area contributed by atoms with Gasteiger partial charge in [-0.15, -0.1) is 0 Å². The van der Waals surface area contributed by atoms with Gasteiger partial charge in [0.1, 0.15) is 11.8 Å². The molecular weight excluding hydrogens is 364 g/mol. The van der Waals surface area contributed by atoms with Crippen molar-refractivity contribution in [1.29, 1.82) is 0 Å². The number of nitrogens with zero attached hydrogens (tertiary/aromatic N) is 1. The summed E-state index contributed by atoms with van der Waals surface area (Å²) < 4.78 is 0. The number of amides is 2. The van der Waals surface area contributed by atoms with Crippen molar-refractivity contribution in [1.82, 2.24) is 10.2 Å². The standard InChI is InChI=1S/C24H30N2O3/c1-3-17(2)22(25-23(28)20-7-5-4-6-8-20)24(29)26-15-13-19(14-16-26)18-9-11-21(27)12-10-18/h4-12,17,19,22,27H,3,13-16H2,1-2H3,(H,25,28). The molecule has 2 amide bonds. The number of likely N-dealkylation sites (tertiary alicyclic amines) is 1. The minimum absolute atomic E-state index is 0.00721. The van der Waals surface area contributed by atoms with Crippen molar-refractivity contribution < 1.29 is 14.7 Å². The second kappa shape index (κ2) is 9.59. The number of phenols is 1. The highest BCUT2D eigenvalue weighted by molar-refractivity contribution is 5.97. The summed E-state index contributed by atoms with van der Waals surface area (Å²) in [5.41, 5.74) is 1.77. The van der Waals surface area contributed by atoms with E-state index in [2.05, 4.69) is 5.32 Å². The SMILES string of the molecule is CCC(C)C(NC(=O)c1ccccc1)C(=O)N1CCC(c2ccc(O)cc2)CC1. The lowest BCUT2D eigenvalue weighted by atomic mass is 9.88. The minimum Gasteiger partial charge on any atom is -0.508 e. The third-order valence-corrected chi connectivity index (χ3v) is 5.97. The van der Waals surface area contributed by atoms with Crippen molar-refractivity contribution in [3.8, 4) is 5.75 Å².